The second-order valence-corrected chi connectivity index (χ2v) is 9.01. The van der Waals surface area contributed by atoms with Crippen LogP contribution in [0.1, 0.15) is 11.4 Å². The van der Waals surface area contributed by atoms with Gasteiger partial charge in [0.25, 0.3) is 0 Å². The van der Waals surface area contributed by atoms with Gasteiger partial charge < -0.3 is 10.6 Å². The summed E-state index contributed by atoms with van der Waals surface area (Å²) in [7, 11) is -3.71. The second kappa shape index (κ2) is 8.88. The minimum absolute atomic E-state index is 0.119. The van der Waals surface area contributed by atoms with Gasteiger partial charge in [-0.05, 0) is 43.7 Å². The van der Waals surface area contributed by atoms with E-state index in [1.807, 2.05) is 19.1 Å². The molecule has 10 nitrogen and oxygen atoms in total. The Morgan fingerprint density at radius 2 is 1.81 bits per heavy atom. The molecule has 0 fully saturated rings. The van der Waals surface area contributed by atoms with Crippen molar-refractivity contribution in [2.75, 3.05) is 23.7 Å². The van der Waals surface area contributed by atoms with Crippen molar-refractivity contribution in [3.05, 3.63) is 54.0 Å². The first-order valence-electron chi connectivity index (χ1n) is 9.41. The van der Waals surface area contributed by atoms with E-state index in [0.717, 1.165) is 17.3 Å². The molecule has 31 heavy (non-hydrogen) atoms. The number of sulfonamides is 1. The number of nitrogens with zero attached hydrogens (tertiary/aromatic N) is 5. The first-order chi connectivity index (χ1) is 14.9. The molecule has 0 aliphatic heterocycles. The van der Waals surface area contributed by atoms with Crippen molar-refractivity contribution in [1.29, 1.82) is 0 Å². The molecule has 0 amide bonds. The van der Waals surface area contributed by atoms with E-state index in [-0.39, 0.29) is 11.4 Å². The Balaban J connectivity index is 1.38. The van der Waals surface area contributed by atoms with E-state index in [0.29, 0.717) is 40.9 Å². The third-order valence-electron chi connectivity index (χ3n) is 4.27. The number of anilines is 3. The molecule has 3 aromatic heterocycles. The zero-order valence-electron chi connectivity index (χ0n) is 16.8. The number of benzene rings is 1. The van der Waals surface area contributed by atoms with Crippen LogP contribution in [0.3, 0.4) is 0 Å². The van der Waals surface area contributed by atoms with Crippen LogP contribution in [0.4, 0.5) is 17.5 Å². The first kappa shape index (κ1) is 21.0. The van der Waals surface area contributed by atoms with Gasteiger partial charge in [-0.25, -0.2) is 28.1 Å². The Bertz CT molecular complexity index is 1320. The van der Waals surface area contributed by atoms with E-state index in [1.165, 1.54) is 6.07 Å². The van der Waals surface area contributed by atoms with E-state index >= 15 is 0 Å². The second-order valence-electron chi connectivity index (χ2n) is 6.74. The first-order valence-corrected chi connectivity index (χ1v) is 11.6. The topological polar surface area (TPSA) is 135 Å². The van der Waals surface area contributed by atoms with Gasteiger partial charge in [0.2, 0.25) is 10.0 Å². The zero-order valence-corrected chi connectivity index (χ0v) is 18.5. The molecule has 3 heterocycles. The number of aryl methyl sites for hydroxylation is 2. The lowest BCUT2D eigenvalue weighted by Gasteiger charge is -2.11. The molecule has 1 aromatic carbocycles. The van der Waals surface area contributed by atoms with Crippen LogP contribution in [-0.4, -0.2) is 45.2 Å². The highest BCUT2D eigenvalue weighted by atomic mass is 32.2. The lowest BCUT2D eigenvalue weighted by Crippen LogP contribution is -2.29. The number of hydrogen-bond donors (Lipinski definition) is 3. The third-order valence-corrected chi connectivity index (χ3v) is 6.31. The molecule has 0 saturated heterocycles. The van der Waals surface area contributed by atoms with Gasteiger partial charge in [-0.3, -0.25) is 0 Å². The predicted octanol–water partition coefficient (Wildman–Crippen LogP) is 2.63. The average molecular weight is 457 g/mol. The summed E-state index contributed by atoms with van der Waals surface area (Å²) in [5, 5.41) is 6.27. The molecule has 4 rings (SSSR count). The van der Waals surface area contributed by atoms with Gasteiger partial charge in [0.1, 0.15) is 39.2 Å². The molecular formula is C19H20N8O2S2. The van der Waals surface area contributed by atoms with Crippen LogP contribution < -0.4 is 15.4 Å². The van der Waals surface area contributed by atoms with Crippen molar-refractivity contribution in [2.45, 2.75) is 18.7 Å². The molecule has 0 spiro atoms. The van der Waals surface area contributed by atoms with Crippen molar-refractivity contribution in [2.24, 2.45) is 0 Å². The fraction of sp³-hybridized carbons (Fsp3) is 0.211. The van der Waals surface area contributed by atoms with Gasteiger partial charge in [-0.2, -0.15) is 8.75 Å². The molecule has 12 heteroatoms. The highest BCUT2D eigenvalue weighted by Crippen LogP contribution is 2.21. The molecule has 160 valence electrons. The number of fused-ring (bicyclic) bond motifs is 1. The quantitative estimate of drug-likeness (QED) is 0.342. The van der Waals surface area contributed by atoms with Crippen LogP contribution in [0.15, 0.2) is 47.5 Å². The highest BCUT2D eigenvalue weighted by Gasteiger charge is 2.18. The largest absolute Gasteiger partial charge is 0.369 e. The average Bonchev–Trinajstić information content (AvgIpc) is 3.20. The van der Waals surface area contributed by atoms with Gasteiger partial charge >= 0.3 is 0 Å². The van der Waals surface area contributed by atoms with Crippen molar-refractivity contribution in [3.8, 4) is 0 Å². The molecule has 0 aliphatic carbocycles. The Hall–Kier alpha value is -3.22. The van der Waals surface area contributed by atoms with E-state index in [2.05, 4.69) is 39.1 Å². The molecule has 0 unspecified atom stereocenters. The van der Waals surface area contributed by atoms with Crippen molar-refractivity contribution >= 4 is 50.2 Å². The summed E-state index contributed by atoms with van der Waals surface area (Å²) in [4.78, 5) is 13.1. The number of nitrogens with one attached hydrogen (secondary N) is 3. The normalized spacial score (nSPS) is 11.5. The van der Waals surface area contributed by atoms with Gasteiger partial charge in [0.05, 0.1) is 11.7 Å². The summed E-state index contributed by atoms with van der Waals surface area (Å²) in [6.07, 6.45) is 1.72. The predicted molar refractivity (Wildman–Crippen MR) is 120 cm³/mol. The maximum atomic E-state index is 12.6. The number of aromatic nitrogens is 5. The van der Waals surface area contributed by atoms with Gasteiger partial charge in [0.15, 0.2) is 0 Å². The van der Waals surface area contributed by atoms with Crippen molar-refractivity contribution in [1.82, 2.24) is 28.4 Å². The molecule has 4 aromatic rings. The SMILES string of the molecule is Cc1ccnc(Nc2cc(NCCNS(=O)(=O)c3cccc4nsnc34)nc(C)n2)c1. The van der Waals surface area contributed by atoms with E-state index in [9.17, 15) is 8.42 Å². The Morgan fingerprint density at radius 1 is 0.968 bits per heavy atom. The van der Waals surface area contributed by atoms with Crippen LogP contribution >= 0.6 is 11.7 Å². The van der Waals surface area contributed by atoms with Gasteiger partial charge in [-0.15, -0.1) is 0 Å². The summed E-state index contributed by atoms with van der Waals surface area (Å²) < 4.78 is 36.0. The van der Waals surface area contributed by atoms with Crippen LogP contribution in [0, 0.1) is 13.8 Å². The highest BCUT2D eigenvalue weighted by molar-refractivity contribution is 7.89. The molecule has 3 N–H and O–H groups in total. The lowest BCUT2D eigenvalue weighted by molar-refractivity contribution is 0.583. The maximum Gasteiger partial charge on any atom is 0.242 e. The number of rotatable bonds is 8. The molecule has 0 saturated carbocycles. The van der Waals surface area contributed by atoms with Gasteiger partial charge in [0, 0.05) is 25.4 Å². The zero-order chi connectivity index (χ0) is 21.8. The van der Waals surface area contributed by atoms with E-state index in [1.54, 1.807) is 31.3 Å². The summed E-state index contributed by atoms with van der Waals surface area (Å²) in [6.45, 7) is 4.27. The molecule has 0 aliphatic rings. The standard InChI is InChI=1S/C19H20N8O2S2/c1-12-6-7-20-16(10-12)25-18-11-17(23-13(2)24-18)21-8-9-22-31(28,29)15-5-3-4-14-19(15)27-30-26-14/h3-7,10-11,22H,8-9H2,1-2H3,(H2,20,21,23,24,25). The Labute approximate surface area is 183 Å². The van der Waals surface area contributed by atoms with Crippen molar-refractivity contribution < 1.29 is 8.42 Å². The summed E-state index contributed by atoms with van der Waals surface area (Å²) in [6, 6.07) is 10.5. The maximum absolute atomic E-state index is 12.6. The van der Waals surface area contributed by atoms with Crippen LogP contribution in [0.2, 0.25) is 0 Å². The van der Waals surface area contributed by atoms with Crippen LogP contribution in [0.5, 0.6) is 0 Å². The number of pyridine rings is 1. The van der Waals surface area contributed by atoms with Gasteiger partial charge in [-0.1, -0.05) is 6.07 Å². The molecular weight excluding hydrogens is 436 g/mol. The van der Waals surface area contributed by atoms with E-state index in [4.69, 9.17) is 0 Å². The van der Waals surface area contributed by atoms with Crippen molar-refractivity contribution in [3.63, 3.8) is 0 Å². The van der Waals surface area contributed by atoms with Crippen LogP contribution in [-0.2, 0) is 10.0 Å². The fourth-order valence-electron chi connectivity index (χ4n) is 2.91. The minimum Gasteiger partial charge on any atom is -0.369 e. The van der Waals surface area contributed by atoms with E-state index < -0.39 is 10.0 Å². The third kappa shape index (κ3) is 5.10. The Morgan fingerprint density at radius 3 is 2.65 bits per heavy atom. The number of hydrogen-bond acceptors (Lipinski definition) is 10. The molecule has 0 atom stereocenters. The minimum atomic E-state index is -3.71. The molecule has 0 bridgehead atoms. The smallest absolute Gasteiger partial charge is 0.242 e. The monoisotopic (exact) mass is 456 g/mol. The van der Waals surface area contributed by atoms with Crippen LogP contribution in [0.25, 0.3) is 11.0 Å². The Kier molecular flexibility index (Phi) is 6.02. The summed E-state index contributed by atoms with van der Waals surface area (Å²) >= 11 is 0.983. The summed E-state index contributed by atoms with van der Waals surface area (Å²) in [5.41, 5.74) is 2.02. The summed E-state index contributed by atoms with van der Waals surface area (Å²) in [5.74, 6) is 2.43. The lowest BCUT2D eigenvalue weighted by atomic mass is 10.3. The molecule has 0 radical (unpaired) electrons. The fourth-order valence-corrected chi connectivity index (χ4v) is 4.71.